The van der Waals surface area contributed by atoms with Gasteiger partial charge in [0.25, 0.3) is 0 Å². The Morgan fingerprint density at radius 2 is 1.90 bits per heavy atom. The molecule has 0 aromatic heterocycles. The first kappa shape index (κ1) is 17.9. The fourth-order valence-corrected chi connectivity index (χ4v) is 3.51. The molecule has 21 heavy (non-hydrogen) atoms. The van der Waals surface area contributed by atoms with E-state index in [2.05, 4.69) is 4.72 Å². The molecule has 0 amide bonds. The van der Waals surface area contributed by atoms with Crippen LogP contribution >= 0.6 is 0 Å². The summed E-state index contributed by atoms with van der Waals surface area (Å²) >= 11 is 0. The maximum Gasteiger partial charge on any atom is 0.240 e. The van der Waals surface area contributed by atoms with E-state index >= 15 is 0 Å². The molecule has 0 bridgehead atoms. The number of anilines is 1. The Morgan fingerprint density at radius 3 is 2.38 bits per heavy atom. The van der Waals surface area contributed by atoms with Gasteiger partial charge in [-0.05, 0) is 37.0 Å². The van der Waals surface area contributed by atoms with Gasteiger partial charge in [0.2, 0.25) is 10.0 Å². The van der Waals surface area contributed by atoms with Crippen LogP contribution in [0.3, 0.4) is 0 Å². The minimum atomic E-state index is -3.63. The molecule has 1 aromatic carbocycles. The van der Waals surface area contributed by atoms with Crippen LogP contribution in [0.25, 0.3) is 0 Å². The standard InChI is InChI=1S/C15H26N2O3S/c1-11(2)8-13(10-18)16-21(19,20)14-7-6-12(3)15(9-14)17(4)5/h6-7,9,11,13,16,18H,8,10H2,1-5H3/t13-/m0/s1. The Balaban J connectivity index is 3.05. The molecule has 6 heteroatoms. The maximum absolute atomic E-state index is 12.4. The topological polar surface area (TPSA) is 69.6 Å². The lowest BCUT2D eigenvalue weighted by atomic mass is 10.1. The SMILES string of the molecule is Cc1ccc(S(=O)(=O)N[C@H](CO)CC(C)C)cc1N(C)C. The molecule has 0 fully saturated rings. The van der Waals surface area contributed by atoms with Crippen molar-refractivity contribution in [1.82, 2.24) is 4.72 Å². The summed E-state index contributed by atoms with van der Waals surface area (Å²) in [4.78, 5) is 2.10. The van der Waals surface area contributed by atoms with E-state index < -0.39 is 16.1 Å². The van der Waals surface area contributed by atoms with Gasteiger partial charge in [0.1, 0.15) is 0 Å². The van der Waals surface area contributed by atoms with E-state index in [0.717, 1.165) is 11.3 Å². The molecular weight excluding hydrogens is 288 g/mol. The van der Waals surface area contributed by atoms with Crippen molar-refractivity contribution in [2.24, 2.45) is 5.92 Å². The smallest absolute Gasteiger partial charge is 0.240 e. The molecule has 0 aliphatic carbocycles. The van der Waals surface area contributed by atoms with Gasteiger partial charge in [0, 0.05) is 25.8 Å². The maximum atomic E-state index is 12.4. The number of aryl methyl sites for hydroxylation is 1. The highest BCUT2D eigenvalue weighted by Gasteiger charge is 2.21. The zero-order valence-electron chi connectivity index (χ0n) is 13.4. The monoisotopic (exact) mass is 314 g/mol. The molecule has 5 nitrogen and oxygen atoms in total. The predicted octanol–water partition coefficient (Wildman–Crippen LogP) is 1.75. The van der Waals surface area contributed by atoms with Crippen LogP contribution in [0.15, 0.2) is 23.1 Å². The van der Waals surface area contributed by atoms with E-state index in [4.69, 9.17) is 0 Å². The third kappa shape index (κ3) is 4.98. The minimum absolute atomic E-state index is 0.205. The Kier molecular flexibility index (Phi) is 6.19. The molecule has 1 atom stereocenters. The lowest BCUT2D eigenvalue weighted by Crippen LogP contribution is -2.38. The van der Waals surface area contributed by atoms with Crippen LogP contribution in [0.4, 0.5) is 5.69 Å². The number of hydrogen-bond acceptors (Lipinski definition) is 4. The third-order valence-electron chi connectivity index (χ3n) is 3.27. The quantitative estimate of drug-likeness (QED) is 0.804. The summed E-state index contributed by atoms with van der Waals surface area (Å²) in [6, 6.07) is 4.58. The molecule has 1 rings (SSSR count). The second-order valence-corrected chi connectivity index (χ2v) is 7.69. The van der Waals surface area contributed by atoms with Crippen molar-refractivity contribution in [1.29, 1.82) is 0 Å². The van der Waals surface area contributed by atoms with Crippen molar-refractivity contribution in [2.75, 3.05) is 25.6 Å². The summed E-state index contributed by atoms with van der Waals surface area (Å²) in [5.41, 5.74) is 1.88. The van der Waals surface area contributed by atoms with Crippen molar-refractivity contribution >= 4 is 15.7 Å². The van der Waals surface area contributed by atoms with Crippen molar-refractivity contribution < 1.29 is 13.5 Å². The first-order valence-electron chi connectivity index (χ1n) is 7.08. The van der Waals surface area contributed by atoms with Crippen LogP contribution in [0, 0.1) is 12.8 Å². The van der Waals surface area contributed by atoms with Gasteiger partial charge >= 0.3 is 0 Å². The molecule has 0 unspecified atom stereocenters. The number of aliphatic hydroxyl groups is 1. The van der Waals surface area contributed by atoms with Gasteiger partial charge in [0.15, 0.2) is 0 Å². The van der Waals surface area contributed by atoms with E-state index in [9.17, 15) is 13.5 Å². The van der Waals surface area contributed by atoms with Gasteiger partial charge in [0.05, 0.1) is 11.5 Å². The number of nitrogens with zero attached hydrogens (tertiary/aromatic N) is 1. The summed E-state index contributed by atoms with van der Waals surface area (Å²) in [6.45, 7) is 5.72. The Hall–Kier alpha value is -1.11. The Bertz CT molecular complexity index is 568. The summed E-state index contributed by atoms with van der Waals surface area (Å²) in [5.74, 6) is 0.306. The normalized spacial score (nSPS) is 13.5. The highest BCUT2D eigenvalue weighted by molar-refractivity contribution is 7.89. The molecule has 120 valence electrons. The van der Waals surface area contributed by atoms with Crippen LogP contribution in [-0.4, -0.2) is 40.3 Å². The molecule has 0 saturated carbocycles. The average molecular weight is 314 g/mol. The number of aliphatic hydroxyl groups excluding tert-OH is 1. The molecule has 0 spiro atoms. The van der Waals surface area contributed by atoms with E-state index in [1.807, 2.05) is 39.8 Å². The summed E-state index contributed by atoms with van der Waals surface area (Å²) in [7, 11) is 0.126. The lowest BCUT2D eigenvalue weighted by molar-refractivity contribution is 0.240. The zero-order valence-corrected chi connectivity index (χ0v) is 14.2. The van der Waals surface area contributed by atoms with Crippen LogP contribution < -0.4 is 9.62 Å². The predicted molar refractivity (Wildman–Crippen MR) is 86.2 cm³/mol. The van der Waals surface area contributed by atoms with Crippen molar-refractivity contribution in [3.8, 4) is 0 Å². The van der Waals surface area contributed by atoms with Crippen molar-refractivity contribution in [2.45, 2.75) is 38.1 Å². The minimum Gasteiger partial charge on any atom is -0.395 e. The summed E-state index contributed by atoms with van der Waals surface area (Å²) in [5, 5.41) is 9.34. The largest absolute Gasteiger partial charge is 0.395 e. The second kappa shape index (κ2) is 7.24. The second-order valence-electron chi connectivity index (χ2n) is 5.97. The number of sulfonamides is 1. The van der Waals surface area contributed by atoms with Crippen LogP contribution in [0.5, 0.6) is 0 Å². The highest BCUT2D eigenvalue weighted by Crippen LogP contribution is 2.22. The molecular formula is C15H26N2O3S. The van der Waals surface area contributed by atoms with Gasteiger partial charge in [-0.25, -0.2) is 13.1 Å². The van der Waals surface area contributed by atoms with Gasteiger partial charge in [-0.2, -0.15) is 0 Å². The van der Waals surface area contributed by atoms with Gasteiger partial charge in [-0.15, -0.1) is 0 Å². The summed E-state index contributed by atoms with van der Waals surface area (Å²) < 4.78 is 27.4. The van der Waals surface area contributed by atoms with E-state index in [-0.39, 0.29) is 11.5 Å². The summed E-state index contributed by atoms with van der Waals surface area (Å²) in [6.07, 6.45) is 0.599. The Labute approximate surface area is 128 Å². The molecule has 2 N–H and O–H groups in total. The van der Waals surface area contributed by atoms with Crippen LogP contribution in [0.2, 0.25) is 0 Å². The van der Waals surface area contributed by atoms with Crippen molar-refractivity contribution in [3.63, 3.8) is 0 Å². The van der Waals surface area contributed by atoms with E-state index in [0.29, 0.717) is 12.3 Å². The number of rotatable bonds is 7. The fraction of sp³-hybridized carbons (Fsp3) is 0.600. The number of hydrogen-bond donors (Lipinski definition) is 2. The average Bonchev–Trinajstić information content (AvgIpc) is 2.36. The molecule has 0 saturated heterocycles. The van der Waals surface area contributed by atoms with E-state index in [1.54, 1.807) is 18.2 Å². The number of benzene rings is 1. The molecule has 0 aliphatic rings. The van der Waals surface area contributed by atoms with Crippen LogP contribution in [-0.2, 0) is 10.0 Å². The first-order valence-corrected chi connectivity index (χ1v) is 8.57. The van der Waals surface area contributed by atoms with Crippen LogP contribution in [0.1, 0.15) is 25.8 Å². The molecule has 0 heterocycles. The molecule has 0 radical (unpaired) electrons. The van der Waals surface area contributed by atoms with Gasteiger partial charge in [-0.3, -0.25) is 0 Å². The number of nitrogens with one attached hydrogen (secondary N) is 1. The zero-order chi connectivity index (χ0) is 16.2. The first-order chi connectivity index (χ1) is 9.67. The van der Waals surface area contributed by atoms with Gasteiger partial charge < -0.3 is 10.0 Å². The molecule has 0 aliphatic heterocycles. The fourth-order valence-electron chi connectivity index (χ4n) is 2.25. The highest BCUT2D eigenvalue weighted by atomic mass is 32.2. The van der Waals surface area contributed by atoms with E-state index in [1.165, 1.54) is 0 Å². The lowest BCUT2D eigenvalue weighted by Gasteiger charge is -2.20. The Morgan fingerprint density at radius 1 is 1.29 bits per heavy atom. The van der Waals surface area contributed by atoms with Gasteiger partial charge in [-0.1, -0.05) is 19.9 Å². The third-order valence-corrected chi connectivity index (χ3v) is 4.79. The molecule has 1 aromatic rings. The van der Waals surface area contributed by atoms with Crippen molar-refractivity contribution in [3.05, 3.63) is 23.8 Å².